The van der Waals surface area contributed by atoms with Gasteiger partial charge < -0.3 is 5.84 Å². The maximum atomic E-state index is 13.2. The van der Waals surface area contributed by atoms with Gasteiger partial charge in [-0.3, -0.25) is 4.79 Å². The molecule has 0 bridgehead atoms. The van der Waals surface area contributed by atoms with Gasteiger partial charge in [0.2, 0.25) is 5.16 Å². The zero-order valence-electron chi connectivity index (χ0n) is 17.6. The quantitative estimate of drug-likeness (QED) is 0.221. The molecular weight excluding hydrogens is 436 g/mol. The standard InChI is InChI=1S/C25H24N4OS2/c26-29-24(15-21-10-5-13-31-21)27-28-25(29)32-23(18-6-2-1-3-7-18)16-22(30)20-12-11-17-8-4-9-19(17)14-20/h1-3,5-7,10-14,23H,4,8-9,15-16,26H2/t23-/m0/s1. The Bertz CT molecular complexity index is 1220. The number of nitrogens with zero attached hydrogens (tertiary/aromatic N) is 3. The van der Waals surface area contributed by atoms with Crippen LogP contribution in [0.3, 0.4) is 0 Å². The van der Waals surface area contributed by atoms with E-state index in [9.17, 15) is 4.79 Å². The number of hydrogen-bond acceptors (Lipinski definition) is 6. The van der Waals surface area contributed by atoms with E-state index < -0.39 is 0 Å². The number of hydrogen-bond donors (Lipinski definition) is 1. The van der Waals surface area contributed by atoms with E-state index >= 15 is 0 Å². The van der Waals surface area contributed by atoms with Crippen molar-refractivity contribution in [3.63, 3.8) is 0 Å². The van der Waals surface area contributed by atoms with Crippen LogP contribution in [0.1, 0.15) is 55.8 Å². The first-order chi connectivity index (χ1) is 15.7. The first kappa shape index (κ1) is 21.0. The third kappa shape index (κ3) is 4.49. The number of nitrogen functional groups attached to an aromatic ring is 1. The molecule has 0 aliphatic heterocycles. The summed E-state index contributed by atoms with van der Waals surface area (Å²) >= 11 is 3.17. The number of rotatable bonds is 8. The van der Waals surface area contributed by atoms with Gasteiger partial charge in [0.05, 0.1) is 0 Å². The predicted octanol–water partition coefficient (Wildman–Crippen LogP) is 5.24. The average Bonchev–Trinajstić information content (AvgIpc) is 3.57. The highest BCUT2D eigenvalue weighted by molar-refractivity contribution is 7.99. The van der Waals surface area contributed by atoms with Gasteiger partial charge in [-0.2, -0.15) is 0 Å². The molecule has 0 fully saturated rings. The van der Waals surface area contributed by atoms with Gasteiger partial charge in [0.15, 0.2) is 11.6 Å². The maximum Gasteiger partial charge on any atom is 0.210 e. The van der Waals surface area contributed by atoms with Gasteiger partial charge in [-0.1, -0.05) is 60.3 Å². The lowest BCUT2D eigenvalue weighted by atomic mass is 9.99. The zero-order valence-corrected chi connectivity index (χ0v) is 19.2. The van der Waals surface area contributed by atoms with Gasteiger partial charge in [0, 0.05) is 28.5 Å². The minimum absolute atomic E-state index is 0.0990. The molecular formula is C25H24N4OS2. The lowest BCUT2D eigenvalue weighted by molar-refractivity contribution is 0.0982. The average molecular weight is 461 g/mol. The normalized spacial score (nSPS) is 13.8. The van der Waals surface area contributed by atoms with Crippen LogP contribution in [0.15, 0.2) is 71.2 Å². The van der Waals surface area contributed by atoms with Crippen molar-refractivity contribution in [2.75, 3.05) is 5.84 Å². The Kier molecular flexibility index (Phi) is 6.10. The number of nitrogens with two attached hydrogens (primary N) is 1. The Hall–Kier alpha value is -2.90. The van der Waals surface area contributed by atoms with E-state index in [1.54, 1.807) is 16.0 Å². The fourth-order valence-electron chi connectivity index (χ4n) is 4.13. The molecule has 0 radical (unpaired) electrons. The van der Waals surface area contributed by atoms with Crippen molar-refractivity contribution in [1.82, 2.24) is 14.9 Å². The van der Waals surface area contributed by atoms with Crippen LogP contribution >= 0.6 is 23.1 Å². The van der Waals surface area contributed by atoms with Crippen LogP contribution in [-0.4, -0.2) is 20.7 Å². The van der Waals surface area contributed by atoms with E-state index in [4.69, 9.17) is 5.84 Å². The number of aromatic nitrogens is 3. The summed E-state index contributed by atoms with van der Waals surface area (Å²) in [6, 6.07) is 20.3. The van der Waals surface area contributed by atoms with Gasteiger partial charge in [0.1, 0.15) is 0 Å². The van der Waals surface area contributed by atoms with Crippen LogP contribution < -0.4 is 5.84 Å². The van der Waals surface area contributed by atoms with Crippen molar-refractivity contribution >= 4 is 28.9 Å². The van der Waals surface area contributed by atoms with Crippen LogP contribution in [0.5, 0.6) is 0 Å². The fraction of sp³-hybridized carbons (Fsp3) is 0.240. The lowest BCUT2D eigenvalue weighted by Gasteiger charge is -2.16. The van der Waals surface area contributed by atoms with Crippen LogP contribution in [0.4, 0.5) is 0 Å². The summed E-state index contributed by atoms with van der Waals surface area (Å²) in [5, 5.41) is 11.2. The molecule has 0 saturated carbocycles. The molecule has 1 aliphatic carbocycles. The van der Waals surface area contributed by atoms with Crippen LogP contribution in [-0.2, 0) is 19.3 Å². The summed E-state index contributed by atoms with van der Waals surface area (Å²) in [4.78, 5) is 14.4. The van der Waals surface area contributed by atoms with Gasteiger partial charge in [-0.25, -0.2) is 4.68 Å². The van der Waals surface area contributed by atoms with Gasteiger partial charge >= 0.3 is 0 Å². The van der Waals surface area contributed by atoms with E-state index in [1.807, 2.05) is 35.7 Å². The molecule has 5 rings (SSSR count). The van der Waals surface area contributed by atoms with Gasteiger partial charge in [-0.05, 0) is 53.5 Å². The SMILES string of the molecule is Nn1c(Cc2cccs2)nnc1S[C@@H](CC(=O)c1ccc2c(c1)CCC2)c1ccccc1. The second-order valence-electron chi connectivity index (χ2n) is 8.01. The van der Waals surface area contributed by atoms with Crippen LogP contribution in [0.25, 0.3) is 0 Å². The topological polar surface area (TPSA) is 73.8 Å². The summed E-state index contributed by atoms with van der Waals surface area (Å²) in [6.07, 6.45) is 4.38. The van der Waals surface area contributed by atoms with Gasteiger partial charge in [0.25, 0.3) is 0 Å². The predicted molar refractivity (Wildman–Crippen MR) is 130 cm³/mol. The number of fused-ring (bicyclic) bond motifs is 1. The molecule has 1 aliphatic rings. The highest BCUT2D eigenvalue weighted by Crippen LogP contribution is 2.38. The Labute approximate surface area is 195 Å². The Balaban J connectivity index is 1.37. The van der Waals surface area contributed by atoms with E-state index in [0.29, 0.717) is 23.8 Å². The molecule has 4 aromatic rings. The number of aryl methyl sites for hydroxylation is 2. The molecule has 1 atom stereocenters. The molecule has 162 valence electrons. The first-order valence-corrected chi connectivity index (χ1v) is 12.5. The minimum atomic E-state index is -0.0990. The molecule has 2 aromatic heterocycles. The van der Waals surface area contributed by atoms with Crippen molar-refractivity contribution in [3.8, 4) is 0 Å². The number of benzene rings is 2. The maximum absolute atomic E-state index is 13.2. The lowest BCUT2D eigenvalue weighted by Crippen LogP contribution is -2.15. The second-order valence-corrected chi connectivity index (χ2v) is 10.2. The summed E-state index contributed by atoms with van der Waals surface area (Å²) in [5.74, 6) is 7.20. The second kappa shape index (κ2) is 9.30. The number of carbonyl (C=O) groups is 1. The molecule has 5 nitrogen and oxygen atoms in total. The fourth-order valence-corrected chi connectivity index (χ4v) is 5.92. The minimum Gasteiger partial charge on any atom is -0.336 e. The zero-order chi connectivity index (χ0) is 21.9. The third-order valence-electron chi connectivity index (χ3n) is 5.86. The van der Waals surface area contributed by atoms with E-state index in [0.717, 1.165) is 24.0 Å². The summed E-state index contributed by atoms with van der Waals surface area (Å²) < 4.78 is 1.56. The number of carbonyl (C=O) groups excluding carboxylic acids is 1. The smallest absolute Gasteiger partial charge is 0.210 e. The van der Waals surface area contributed by atoms with Crippen molar-refractivity contribution in [2.45, 2.75) is 42.5 Å². The summed E-state index contributed by atoms with van der Waals surface area (Å²) in [5.41, 5.74) is 4.57. The van der Waals surface area contributed by atoms with Crippen molar-refractivity contribution in [2.24, 2.45) is 0 Å². The number of Topliss-reactive ketones (excluding diaryl/α,β-unsaturated/α-hetero) is 1. The number of ketones is 1. The molecule has 7 heteroatoms. The van der Waals surface area contributed by atoms with Crippen LogP contribution in [0, 0.1) is 0 Å². The molecule has 0 amide bonds. The van der Waals surface area contributed by atoms with Gasteiger partial charge in [-0.15, -0.1) is 21.5 Å². The third-order valence-corrected chi connectivity index (χ3v) is 7.95. The van der Waals surface area contributed by atoms with E-state index in [1.165, 1.54) is 34.2 Å². The number of thioether (sulfide) groups is 1. The number of thiophene rings is 1. The molecule has 2 N–H and O–H groups in total. The van der Waals surface area contributed by atoms with Crippen molar-refractivity contribution < 1.29 is 4.79 Å². The largest absolute Gasteiger partial charge is 0.336 e. The Morgan fingerprint density at radius 3 is 2.72 bits per heavy atom. The summed E-state index contributed by atoms with van der Waals surface area (Å²) in [6.45, 7) is 0. The highest BCUT2D eigenvalue weighted by atomic mass is 32.2. The van der Waals surface area contributed by atoms with Crippen molar-refractivity contribution in [3.05, 3.63) is 99.0 Å². The first-order valence-electron chi connectivity index (χ1n) is 10.8. The molecule has 2 aromatic carbocycles. The molecule has 0 saturated heterocycles. The Morgan fingerprint density at radius 1 is 1.06 bits per heavy atom. The molecule has 0 unspecified atom stereocenters. The molecule has 0 spiro atoms. The van der Waals surface area contributed by atoms with E-state index in [2.05, 4.69) is 40.5 Å². The highest BCUT2D eigenvalue weighted by Gasteiger charge is 2.23. The Morgan fingerprint density at radius 2 is 1.91 bits per heavy atom. The van der Waals surface area contributed by atoms with E-state index in [-0.39, 0.29) is 11.0 Å². The van der Waals surface area contributed by atoms with Crippen LogP contribution in [0.2, 0.25) is 0 Å². The summed E-state index contributed by atoms with van der Waals surface area (Å²) in [7, 11) is 0. The molecule has 32 heavy (non-hydrogen) atoms. The van der Waals surface area contributed by atoms with Crippen molar-refractivity contribution in [1.29, 1.82) is 0 Å². The monoisotopic (exact) mass is 460 g/mol. The molecule has 2 heterocycles.